The summed E-state index contributed by atoms with van der Waals surface area (Å²) in [5, 5.41) is 2.87. The number of anilines is 1. The van der Waals surface area contributed by atoms with Gasteiger partial charge in [-0.1, -0.05) is 43.3 Å². The predicted molar refractivity (Wildman–Crippen MR) is 134 cm³/mol. The third kappa shape index (κ3) is 6.12. The van der Waals surface area contributed by atoms with E-state index >= 15 is 0 Å². The summed E-state index contributed by atoms with van der Waals surface area (Å²) >= 11 is 0. The lowest BCUT2D eigenvalue weighted by molar-refractivity contribution is -0.138. The summed E-state index contributed by atoms with van der Waals surface area (Å²) in [4.78, 5) is 27.4. The van der Waals surface area contributed by atoms with E-state index in [4.69, 9.17) is 14.2 Å². The standard InChI is InChI=1S/C28H30N2O5/c1-3-24-28(32)30(16-15-20-9-7-8-12-25(20)33-2)18-21-17-22(13-14-26(21)35-24)29-27(31)19-34-23-10-5-4-6-11-23/h4-14,17,24H,3,15-16,18-19H2,1-2H3,(H,29,31). The van der Waals surface area contributed by atoms with Crippen molar-refractivity contribution in [3.63, 3.8) is 0 Å². The lowest BCUT2D eigenvalue weighted by atomic mass is 10.1. The minimum absolute atomic E-state index is 0.0413. The van der Waals surface area contributed by atoms with Crippen LogP contribution in [0.25, 0.3) is 0 Å². The molecule has 7 heteroatoms. The number of para-hydroxylation sites is 2. The number of nitrogens with zero attached hydrogens (tertiary/aromatic N) is 1. The normalized spacial score (nSPS) is 15.0. The maximum absolute atomic E-state index is 13.2. The molecule has 0 aromatic heterocycles. The minimum atomic E-state index is -0.548. The zero-order valence-corrected chi connectivity index (χ0v) is 20.0. The number of benzene rings is 3. The highest BCUT2D eigenvalue weighted by molar-refractivity contribution is 5.92. The maximum Gasteiger partial charge on any atom is 0.263 e. The molecular weight excluding hydrogens is 444 g/mol. The molecule has 0 fully saturated rings. The fourth-order valence-electron chi connectivity index (χ4n) is 4.06. The molecule has 4 rings (SSSR count). The molecule has 0 spiro atoms. The average Bonchev–Trinajstić information content (AvgIpc) is 3.02. The van der Waals surface area contributed by atoms with Crippen molar-refractivity contribution in [2.75, 3.05) is 25.6 Å². The van der Waals surface area contributed by atoms with Gasteiger partial charge in [0.1, 0.15) is 17.2 Å². The first-order valence-electron chi connectivity index (χ1n) is 11.8. The van der Waals surface area contributed by atoms with Crippen LogP contribution in [0.3, 0.4) is 0 Å². The lowest BCUT2D eigenvalue weighted by Gasteiger charge is -2.23. The molecule has 1 N–H and O–H groups in total. The van der Waals surface area contributed by atoms with Crippen LogP contribution in [0.4, 0.5) is 5.69 Å². The van der Waals surface area contributed by atoms with Gasteiger partial charge >= 0.3 is 0 Å². The van der Waals surface area contributed by atoms with E-state index < -0.39 is 6.10 Å². The van der Waals surface area contributed by atoms with E-state index in [1.165, 1.54) is 0 Å². The van der Waals surface area contributed by atoms with Crippen molar-refractivity contribution < 1.29 is 23.8 Å². The molecule has 2 amide bonds. The molecule has 1 atom stereocenters. The zero-order chi connectivity index (χ0) is 24.6. The summed E-state index contributed by atoms with van der Waals surface area (Å²) in [6, 6.07) is 22.5. The fourth-order valence-corrected chi connectivity index (χ4v) is 4.06. The van der Waals surface area contributed by atoms with Gasteiger partial charge in [0.25, 0.3) is 11.8 Å². The Hall–Kier alpha value is -4.00. The van der Waals surface area contributed by atoms with Crippen molar-refractivity contribution in [3.05, 3.63) is 83.9 Å². The number of nitrogens with one attached hydrogen (secondary N) is 1. The third-order valence-electron chi connectivity index (χ3n) is 5.89. The van der Waals surface area contributed by atoms with Gasteiger partial charge in [-0.25, -0.2) is 0 Å². The molecule has 0 bridgehead atoms. The highest BCUT2D eigenvalue weighted by Crippen LogP contribution is 2.30. The molecule has 1 unspecified atom stereocenters. The Labute approximate surface area is 205 Å². The van der Waals surface area contributed by atoms with E-state index in [1.807, 2.05) is 66.4 Å². The fraction of sp³-hybridized carbons (Fsp3) is 0.286. The molecule has 7 nitrogen and oxygen atoms in total. The van der Waals surface area contributed by atoms with Crippen LogP contribution in [0, 0.1) is 0 Å². The first-order valence-corrected chi connectivity index (χ1v) is 11.8. The predicted octanol–water partition coefficient (Wildman–Crippen LogP) is 4.46. The van der Waals surface area contributed by atoms with E-state index in [1.54, 1.807) is 25.3 Å². The van der Waals surface area contributed by atoms with E-state index in [2.05, 4.69) is 5.32 Å². The van der Waals surface area contributed by atoms with Crippen LogP contribution < -0.4 is 19.5 Å². The van der Waals surface area contributed by atoms with Gasteiger partial charge in [-0.15, -0.1) is 0 Å². The highest BCUT2D eigenvalue weighted by atomic mass is 16.5. The molecule has 0 aliphatic carbocycles. The number of carbonyl (C=O) groups excluding carboxylic acids is 2. The van der Waals surface area contributed by atoms with Crippen molar-refractivity contribution in [2.45, 2.75) is 32.4 Å². The first-order chi connectivity index (χ1) is 17.1. The van der Waals surface area contributed by atoms with E-state index in [9.17, 15) is 9.59 Å². The molecule has 1 aliphatic heterocycles. The van der Waals surface area contributed by atoms with E-state index in [-0.39, 0.29) is 18.4 Å². The van der Waals surface area contributed by atoms with Gasteiger partial charge in [0, 0.05) is 24.3 Å². The Balaban J connectivity index is 1.46. The molecule has 35 heavy (non-hydrogen) atoms. The van der Waals surface area contributed by atoms with Gasteiger partial charge in [-0.3, -0.25) is 9.59 Å². The number of ether oxygens (including phenoxy) is 3. The van der Waals surface area contributed by atoms with Crippen LogP contribution in [0.1, 0.15) is 24.5 Å². The van der Waals surface area contributed by atoms with Crippen molar-refractivity contribution >= 4 is 17.5 Å². The number of hydrogen-bond acceptors (Lipinski definition) is 5. The summed E-state index contributed by atoms with van der Waals surface area (Å²) in [6.07, 6.45) is 0.682. The summed E-state index contributed by atoms with van der Waals surface area (Å²) < 4.78 is 17.0. The Morgan fingerprint density at radius 2 is 1.86 bits per heavy atom. The van der Waals surface area contributed by atoms with Gasteiger partial charge in [-0.05, 0) is 54.8 Å². The minimum Gasteiger partial charge on any atom is -0.496 e. The quantitative estimate of drug-likeness (QED) is 0.496. The second-order valence-electron chi connectivity index (χ2n) is 8.31. The molecule has 0 radical (unpaired) electrons. The zero-order valence-electron chi connectivity index (χ0n) is 20.0. The number of rotatable bonds is 9. The molecule has 1 aliphatic rings. The molecule has 0 saturated heterocycles. The monoisotopic (exact) mass is 474 g/mol. The van der Waals surface area contributed by atoms with Crippen LogP contribution in [-0.4, -0.2) is 43.1 Å². The van der Waals surface area contributed by atoms with Crippen LogP contribution >= 0.6 is 0 Å². The Morgan fingerprint density at radius 1 is 1.09 bits per heavy atom. The van der Waals surface area contributed by atoms with Gasteiger partial charge < -0.3 is 24.4 Å². The van der Waals surface area contributed by atoms with Crippen molar-refractivity contribution in [3.8, 4) is 17.2 Å². The average molecular weight is 475 g/mol. The number of amides is 2. The van der Waals surface area contributed by atoms with Crippen molar-refractivity contribution in [1.82, 2.24) is 4.90 Å². The van der Waals surface area contributed by atoms with Crippen molar-refractivity contribution in [1.29, 1.82) is 0 Å². The van der Waals surface area contributed by atoms with Crippen molar-refractivity contribution in [2.24, 2.45) is 0 Å². The van der Waals surface area contributed by atoms with Gasteiger partial charge in [-0.2, -0.15) is 0 Å². The SMILES string of the molecule is CCC1Oc2ccc(NC(=O)COc3ccccc3)cc2CN(CCc2ccccc2OC)C1=O. The van der Waals surface area contributed by atoms with Crippen LogP contribution in [-0.2, 0) is 22.6 Å². The van der Waals surface area contributed by atoms with Gasteiger partial charge in [0.05, 0.1) is 7.11 Å². The second-order valence-corrected chi connectivity index (χ2v) is 8.31. The molecule has 1 heterocycles. The third-order valence-corrected chi connectivity index (χ3v) is 5.89. The first kappa shape index (κ1) is 24.1. The summed E-state index contributed by atoms with van der Waals surface area (Å²) in [5.74, 6) is 1.79. The van der Waals surface area contributed by atoms with Crippen LogP contribution in [0.2, 0.25) is 0 Å². The number of carbonyl (C=O) groups is 2. The maximum atomic E-state index is 13.2. The largest absolute Gasteiger partial charge is 0.496 e. The van der Waals surface area contributed by atoms with Crippen LogP contribution in [0.5, 0.6) is 17.2 Å². The number of fused-ring (bicyclic) bond motifs is 1. The second kappa shape index (κ2) is 11.4. The lowest BCUT2D eigenvalue weighted by Crippen LogP contribution is -2.40. The Morgan fingerprint density at radius 3 is 2.63 bits per heavy atom. The Bertz CT molecular complexity index is 1170. The van der Waals surface area contributed by atoms with Crippen LogP contribution in [0.15, 0.2) is 72.8 Å². The number of methoxy groups -OCH3 is 1. The van der Waals surface area contributed by atoms with E-state index in [0.717, 1.165) is 16.9 Å². The summed E-state index contributed by atoms with van der Waals surface area (Å²) in [5.41, 5.74) is 2.51. The number of hydrogen-bond donors (Lipinski definition) is 1. The molecule has 3 aromatic carbocycles. The molecule has 182 valence electrons. The van der Waals surface area contributed by atoms with Gasteiger partial charge in [0.15, 0.2) is 12.7 Å². The molecule has 0 saturated carbocycles. The molecule has 3 aromatic rings. The summed E-state index contributed by atoms with van der Waals surface area (Å²) in [7, 11) is 1.65. The summed E-state index contributed by atoms with van der Waals surface area (Å²) in [6.45, 7) is 2.76. The highest BCUT2D eigenvalue weighted by Gasteiger charge is 2.30. The smallest absolute Gasteiger partial charge is 0.263 e. The van der Waals surface area contributed by atoms with E-state index in [0.29, 0.717) is 43.1 Å². The Kier molecular flexibility index (Phi) is 7.88. The van der Waals surface area contributed by atoms with Gasteiger partial charge in [0.2, 0.25) is 0 Å². The topological polar surface area (TPSA) is 77.1 Å². The molecular formula is C28H30N2O5.